The number of aryl methyl sites for hydroxylation is 1. The van der Waals surface area contributed by atoms with E-state index < -0.39 is 0 Å². The van der Waals surface area contributed by atoms with E-state index in [4.69, 9.17) is 0 Å². The van der Waals surface area contributed by atoms with E-state index in [0.29, 0.717) is 13.1 Å². The fourth-order valence-electron chi connectivity index (χ4n) is 3.33. The van der Waals surface area contributed by atoms with Gasteiger partial charge in [0.05, 0.1) is 18.6 Å². The van der Waals surface area contributed by atoms with Crippen molar-refractivity contribution in [3.63, 3.8) is 0 Å². The summed E-state index contributed by atoms with van der Waals surface area (Å²) in [6.45, 7) is 6.48. The summed E-state index contributed by atoms with van der Waals surface area (Å²) in [5, 5.41) is 5.92. The van der Waals surface area contributed by atoms with Crippen LogP contribution in [0.5, 0.6) is 0 Å². The lowest BCUT2D eigenvalue weighted by Crippen LogP contribution is -2.42. The first kappa shape index (κ1) is 17.5. The third-order valence-electron chi connectivity index (χ3n) is 4.91. The molecule has 1 unspecified atom stereocenters. The van der Waals surface area contributed by atoms with Gasteiger partial charge in [0.15, 0.2) is 0 Å². The van der Waals surface area contributed by atoms with Crippen LogP contribution in [0.25, 0.3) is 0 Å². The summed E-state index contributed by atoms with van der Waals surface area (Å²) in [6, 6.07) is 10.4. The number of hydrogen-bond acceptors (Lipinski definition) is 3. The molecule has 1 fully saturated rings. The molecule has 0 bridgehead atoms. The van der Waals surface area contributed by atoms with Gasteiger partial charge < -0.3 is 15.2 Å². The molecule has 2 aromatic rings. The molecule has 0 aliphatic carbocycles. The summed E-state index contributed by atoms with van der Waals surface area (Å²) in [6.07, 6.45) is 4.59. The zero-order chi connectivity index (χ0) is 17.7. The molecule has 1 aromatic heterocycles. The summed E-state index contributed by atoms with van der Waals surface area (Å²) in [5.41, 5.74) is 2.45. The Bertz CT molecular complexity index is 699. The first-order valence-electron chi connectivity index (χ1n) is 8.77. The van der Waals surface area contributed by atoms with Gasteiger partial charge in [0.1, 0.15) is 0 Å². The second-order valence-electron chi connectivity index (χ2n) is 7.29. The first-order chi connectivity index (χ1) is 12.0. The number of carbonyl (C=O) groups excluding carboxylic acids is 1. The topological polar surface area (TPSA) is 62.2 Å². The Morgan fingerprint density at radius 1 is 1.28 bits per heavy atom. The number of rotatable bonds is 6. The third-order valence-corrected chi connectivity index (χ3v) is 4.91. The van der Waals surface area contributed by atoms with Crippen LogP contribution in [0.3, 0.4) is 0 Å². The van der Waals surface area contributed by atoms with Crippen molar-refractivity contribution in [2.24, 2.45) is 12.5 Å². The van der Waals surface area contributed by atoms with Gasteiger partial charge in [-0.2, -0.15) is 0 Å². The van der Waals surface area contributed by atoms with Crippen LogP contribution in [0.2, 0.25) is 0 Å². The standard InChI is InChI=1S/C19H27N5O/c1-19(8-9-24(14-19)12-16-6-4-3-5-7-16)13-22-18(25)21-11-17-10-20-15-23(17)2/h3-7,10,15H,8-9,11-14H2,1-2H3,(H2,21,22,25). The molecule has 2 amide bonds. The van der Waals surface area contributed by atoms with Gasteiger partial charge in [-0.25, -0.2) is 9.78 Å². The quantitative estimate of drug-likeness (QED) is 0.846. The number of likely N-dealkylation sites (tertiary alicyclic amines) is 1. The highest BCUT2D eigenvalue weighted by Gasteiger charge is 2.33. The molecule has 6 heteroatoms. The molecule has 2 heterocycles. The second-order valence-corrected chi connectivity index (χ2v) is 7.29. The number of nitrogens with zero attached hydrogens (tertiary/aromatic N) is 3. The minimum Gasteiger partial charge on any atom is -0.338 e. The van der Waals surface area contributed by atoms with E-state index in [0.717, 1.165) is 31.7 Å². The molecule has 0 radical (unpaired) electrons. The molecule has 1 saturated heterocycles. The van der Waals surface area contributed by atoms with E-state index in [1.807, 2.05) is 17.7 Å². The average molecular weight is 341 g/mol. The number of imidazole rings is 1. The molecule has 1 atom stereocenters. The molecule has 134 valence electrons. The maximum absolute atomic E-state index is 12.1. The van der Waals surface area contributed by atoms with Crippen molar-refractivity contribution in [1.82, 2.24) is 25.1 Å². The van der Waals surface area contributed by atoms with Gasteiger partial charge in [-0.3, -0.25) is 4.90 Å². The van der Waals surface area contributed by atoms with Crippen LogP contribution >= 0.6 is 0 Å². The van der Waals surface area contributed by atoms with E-state index in [9.17, 15) is 4.79 Å². The van der Waals surface area contributed by atoms with Gasteiger partial charge in [-0.1, -0.05) is 37.3 Å². The number of amides is 2. The van der Waals surface area contributed by atoms with Crippen LogP contribution in [0.15, 0.2) is 42.9 Å². The number of aromatic nitrogens is 2. The SMILES string of the molecule is Cn1cncc1CNC(=O)NCC1(C)CCN(Cc2ccccc2)C1. The molecular weight excluding hydrogens is 314 g/mol. The number of nitrogens with one attached hydrogen (secondary N) is 2. The van der Waals surface area contributed by atoms with Gasteiger partial charge in [0, 0.05) is 32.9 Å². The summed E-state index contributed by atoms with van der Waals surface area (Å²) in [4.78, 5) is 18.6. The molecule has 3 rings (SSSR count). The van der Waals surface area contributed by atoms with Gasteiger partial charge in [-0.05, 0) is 23.9 Å². The predicted molar refractivity (Wildman–Crippen MR) is 97.9 cm³/mol. The first-order valence-corrected chi connectivity index (χ1v) is 8.77. The number of carbonyl (C=O) groups is 1. The molecule has 0 spiro atoms. The van der Waals surface area contributed by atoms with Crippen LogP contribution in [0, 0.1) is 5.41 Å². The van der Waals surface area contributed by atoms with Crippen molar-refractivity contribution < 1.29 is 4.79 Å². The van der Waals surface area contributed by atoms with Crippen molar-refractivity contribution in [1.29, 1.82) is 0 Å². The highest BCUT2D eigenvalue weighted by atomic mass is 16.2. The van der Waals surface area contributed by atoms with Gasteiger partial charge >= 0.3 is 6.03 Å². The van der Waals surface area contributed by atoms with E-state index in [1.54, 1.807) is 12.5 Å². The minimum atomic E-state index is -0.121. The number of urea groups is 1. The zero-order valence-corrected chi connectivity index (χ0v) is 15.0. The molecular formula is C19H27N5O. The Labute approximate surface area is 149 Å². The summed E-state index contributed by atoms with van der Waals surface area (Å²) < 4.78 is 1.90. The lowest BCUT2D eigenvalue weighted by molar-refractivity contribution is 0.227. The Hall–Kier alpha value is -2.34. The number of hydrogen-bond donors (Lipinski definition) is 2. The smallest absolute Gasteiger partial charge is 0.315 e. The third kappa shape index (κ3) is 4.82. The minimum absolute atomic E-state index is 0.121. The molecule has 1 aromatic carbocycles. The summed E-state index contributed by atoms with van der Waals surface area (Å²) in [5.74, 6) is 0. The molecule has 1 aliphatic heterocycles. The second kappa shape index (κ2) is 7.70. The molecule has 0 saturated carbocycles. The number of benzene rings is 1. The Morgan fingerprint density at radius 2 is 2.08 bits per heavy atom. The van der Waals surface area contributed by atoms with Gasteiger partial charge in [-0.15, -0.1) is 0 Å². The maximum Gasteiger partial charge on any atom is 0.315 e. The Kier molecular flexibility index (Phi) is 5.38. The van der Waals surface area contributed by atoms with Crippen molar-refractivity contribution in [3.05, 3.63) is 54.1 Å². The molecule has 1 aliphatic rings. The molecule has 2 N–H and O–H groups in total. The fourth-order valence-corrected chi connectivity index (χ4v) is 3.33. The van der Waals surface area contributed by atoms with Crippen LogP contribution < -0.4 is 10.6 Å². The highest BCUT2D eigenvalue weighted by Crippen LogP contribution is 2.30. The van der Waals surface area contributed by atoms with E-state index in [2.05, 4.69) is 51.7 Å². The van der Waals surface area contributed by atoms with Crippen molar-refractivity contribution in [2.75, 3.05) is 19.6 Å². The van der Waals surface area contributed by atoms with Crippen molar-refractivity contribution in [2.45, 2.75) is 26.4 Å². The average Bonchev–Trinajstić information content (AvgIpc) is 3.18. The highest BCUT2D eigenvalue weighted by molar-refractivity contribution is 5.73. The lowest BCUT2D eigenvalue weighted by Gasteiger charge is -2.25. The van der Waals surface area contributed by atoms with Gasteiger partial charge in [0.25, 0.3) is 0 Å². The largest absolute Gasteiger partial charge is 0.338 e. The summed E-state index contributed by atoms with van der Waals surface area (Å²) in [7, 11) is 1.92. The predicted octanol–water partition coefficient (Wildman–Crippen LogP) is 2.13. The lowest BCUT2D eigenvalue weighted by atomic mass is 9.90. The van der Waals surface area contributed by atoms with Gasteiger partial charge in [0.2, 0.25) is 0 Å². The van der Waals surface area contributed by atoms with Crippen LogP contribution in [-0.4, -0.2) is 40.1 Å². The molecule has 6 nitrogen and oxygen atoms in total. The van der Waals surface area contributed by atoms with Crippen LogP contribution in [0.1, 0.15) is 24.6 Å². The van der Waals surface area contributed by atoms with Crippen LogP contribution in [-0.2, 0) is 20.1 Å². The normalized spacial score (nSPS) is 20.6. The Morgan fingerprint density at radius 3 is 2.80 bits per heavy atom. The van der Waals surface area contributed by atoms with E-state index in [1.165, 1.54) is 5.56 Å². The maximum atomic E-state index is 12.1. The monoisotopic (exact) mass is 341 g/mol. The van der Waals surface area contributed by atoms with Crippen molar-refractivity contribution in [3.8, 4) is 0 Å². The van der Waals surface area contributed by atoms with E-state index in [-0.39, 0.29) is 11.4 Å². The zero-order valence-electron chi connectivity index (χ0n) is 15.0. The van der Waals surface area contributed by atoms with Crippen molar-refractivity contribution >= 4 is 6.03 Å². The molecule has 25 heavy (non-hydrogen) atoms. The fraction of sp³-hybridized carbons (Fsp3) is 0.474. The van der Waals surface area contributed by atoms with Crippen LogP contribution in [0.4, 0.5) is 4.79 Å². The van der Waals surface area contributed by atoms with E-state index >= 15 is 0 Å². The summed E-state index contributed by atoms with van der Waals surface area (Å²) >= 11 is 0. The Balaban J connectivity index is 1.41.